The maximum Gasteiger partial charge on any atom is 0.332 e. The van der Waals surface area contributed by atoms with E-state index < -0.39 is 23.7 Å². The first kappa shape index (κ1) is 19.3. The van der Waals surface area contributed by atoms with Gasteiger partial charge in [0, 0.05) is 6.04 Å². The molecule has 0 aromatic heterocycles. The maximum absolute atomic E-state index is 12.4. The molecule has 1 rings (SSSR count). The van der Waals surface area contributed by atoms with Gasteiger partial charge < -0.3 is 9.05 Å². The van der Waals surface area contributed by atoms with E-state index in [0.717, 1.165) is 5.56 Å². The van der Waals surface area contributed by atoms with Crippen molar-refractivity contribution in [3.8, 4) is 0 Å². The molecule has 0 fully saturated rings. The quantitative estimate of drug-likeness (QED) is 0.693. The van der Waals surface area contributed by atoms with Crippen LogP contribution < -0.4 is 4.72 Å². The predicted octanol–water partition coefficient (Wildman–Crippen LogP) is 2.93. The van der Waals surface area contributed by atoms with E-state index in [9.17, 15) is 13.0 Å². The molecule has 1 atom stereocenters. The first-order valence-corrected chi connectivity index (χ1v) is 10.4. The summed E-state index contributed by atoms with van der Waals surface area (Å²) in [6.07, 6.45) is -0.0141. The molecule has 8 heteroatoms. The van der Waals surface area contributed by atoms with Crippen molar-refractivity contribution in [2.45, 2.75) is 38.6 Å². The van der Waals surface area contributed by atoms with E-state index in [2.05, 4.69) is 4.72 Å². The van der Waals surface area contributed by atoms with Crippen LogP contribution in [0, 0.1) is 6.92 Å². The Kier molecular flexibility index (Phi) is 7.22. The highest BCUT2D eigenvalue weighted by atomic mass is 32.2. The summed E-state index contributed by atoms with van der Waals surface area (Å²) in [5.74, 6) is 0. The smallest absolute Gasteiger partial charge is 0.309 e. The third kappa shape index (κ3) is 5.82. The Bertz CT molecular complexity index is 605. The zero-order valence-electron chi connectivity index (χ0n) is 13.4. The monoisotopic (exact) mass is 349 g/mol. The van der Waals surface area contributed by atoms with Gasteiger partial charge in [-0.2, -0.15) is 0 Å². The summed E-state index contributed by atoms with van der Waals surface area (Å²) in [5.41, 5.74) is 0.976. The molecule has 0 aliphatic heterocycles. The lowest BCUT2D eigenvalue weighted by molar-refractivity contribution is 0.218. The lowest BCUT2D eigenvalue weighted by Crippen LogP contribution is -2.35. The van der Waals surface area contributed by atoms with Crippen LogP contribution in [-0.2, 0) is 23.6 Å². The second kappa shape index (κ2) is 8.22. The van der Waals surface area contributed by atoms with Gasteiger partial charge in [0.25, 0.3) is 0 Å². The van der Waals surface area contributed by atoms with Crippen molar-refractivity contribution in [1.82, 2.24) is 4.72 Å². The van der Waals surface area contributed by atoms with Gasteiger partial charge >= 0.3 is 7.60 Å². The van der Waals surface area contributed by atoms with Gasteiger partial charge in [-0.25, -0.2) is 13.1 Å². The minimum atomic E-state index is -3.66. The molecule has 1 aromatic rings. The third-order valence-electron chi connectivity index (χ3n) is 2.84. The Morgan fingerprint density at radius 1 is 1.14 bits per heavy atom. The molecule has 0 amide bonds. The number of rotatable bonds is 9. The van der Waals surface area contributed by atoms with E-state index in [1.54, 1.807) is 32.9 Å². The molecule has 0 spiro atoms. The van der Waals surface area contributed by atoms with Crippen molar-refractivity contribution < 1.29 is 22.0 Å². The molecule has 0 bridgehead atoms. The molecule has 0 aliphatic rings. The Morgan fingerprint density at radius 3 is 2.09 bits per heavy atom. The molecule has 1 aromatic carbocycles. The summed E-state index contributed by atoms with van der Waals surface area (Å²) in [4.78, 5) is 0.174. The molecule has 0 heterocycles. The number of nitrogens with one attached hydrogen (secondary N) is 1. The van der Waals surface area contributed by atoms with Crippen LogP contribution >= 0.6 is 7.60 Å². The van der Waals surface area contributed by atoms with Gasteiger partial charge in [-0.3, -0.25) is 4.57 Å². The van der Waals surface area contributed by atoms with Gasteiger partial charge in [-0.15, -0.1) is 0 Å². The fraction of sp³-hybridized carbons (Fsp3) is 0.571. The molecule has 6 nitrogen and oxygen atoms in total. The summed E-state index contributed by atoms with van der Waals surface area (Å²) >= 11 is 0. The highest BCUT2D eigenvalue weighted by molar-refractivity contribution is 7.89. The summed E-state index contributed by atoms with van der Waals surface area (Å²) in [6.45, 7) is 7.44. The Hall–Kier alpha value is -0.720. The van der Waals surface area contributed by atoms with E-state index in [-0.39, 0.29) is 24.3 Å². The largest absolute Gasteiger partial charge is 0.332 e. The molecular weight excluding hydrogens is 325 g/mol. The first-order chi connectivity index (χ1) is 10.2. The van der Waals surface area contributed by atoms with Crippen LogP contribution in [0.1, 0.15) is 26.3 Å². The van der Waals surface area contributed by atoms with Gasteiger partial charge in [0.15, 0.2) is 0 Å². The highest BCUT2D eigenvalue weighted by Gasteiger charge is 2.29. The molecule has 0 unspecified atom stereocenters. The van der Waals surface area contributed by atoms with Crippen LogP contribution in [0.25, 0.3) is 0 Å². The van der Waals surface area contributed by atoms with Crippen molar-refractivity contribution in [2.75, 3.05) is 19.4 Å². The van der Waals surface area contributed by atoms with Crippen LogP contribution in [0.3, 0.4) is 0 Å². The van der Waals surface area contributed by atoms with E-state index >= 15 is 0 Å². The van der Waals surface area contributed by atoms with Crippen LogP contribution in [0.2, 0.25) is 0 Å². The number of benzene rings is 1. The molecular formula is C14H24NO5PS. The van der Waals surface area contributed by atoms with E-state index in [4.69, 9.17) is 9.05 Å². The average molecular weight is 349 g/mol. The SMILES string of the molecule is CCOP(=O)(C[C@@H](C)NS(=O)(=O)c1ccc(C)cc1)OCC. The van der Waals surface area contributed by atoms with Gasteiger partial charge in [-0.05, 0) is 39.8 Å². The van der Waals surface area contributed by atoms with Gasteiger partial charge in [0.2, 0.25) is 10.0 Å². The second-order valence-electron chi connectivity index (χ2n) is 4.96. The average Bonchev–Trinajstić information content (AvgIpc) is 2.38. The van der Waals surface area contributed by atoms with Gasteiger partial charge in [-0.1, -0.05) is 17.7 Å². The molecule has 1 N–H and O–H groups in total. The summed E-state index contributed by atoms with van der Waals surface area (Å²) in [7, 11) is -6.95. The lowest BCUT2D eigenvalue weighted by Gasteiger charge is -2.21. The summed E-state index contributed by atoms with van der Waals surface area (Å²) in [6, 6.07) is 5.95. The highest BCUT2D eigenvalue weighted by Crippen LogP contribution is 2.48. The summed E-state index contributed by atoms with van der Waals surface area (Å²) < 4.78 is 49.8. The topological polar surface area (TPSA) is 81.7 Å². The van der Waals surface area contributed by atoms with E-state index in [1.165, 1.54) is 12.1 Å². The Morgan fingerprint density at radius 2 is 1.64 bits per heavy atom. The molecule has 0 aliphatic carbocycles. The van der Waals surface area contributed by atoms with Crippen LogP contribution in [-0.4, -0.2) is 33.8 Å². The van der Waals surface area contributed by atoms with Crippen molar-refractivity contribution in [2.24, 2.45) is 0 Å². The number of sulfonamides is 1. The zero-order valence-corrected chi connectivity index (χ0v) is 15.1. The molecule has 126 valence electrons. The lowest BCUT2D eigenvalue weighted by atomic mass is 10.2. The number of hydrogen-bond acceptors (Lipinski definition) is 5. The van der Waals surface area contributed by atoms with Crippen molar-refractivity contribution in [3.05, 3.63) is 29.8 Å². The standard InChI is InChI=1S/C14H24NO5PS/c1-5-19-21(16,20-6-2)11-13(4)15-22(17,18)14-9-7-12(3)8-10-14/h7-10,13,15H,5-6,11H2,1-4H3/t13-/m1/s1. The fourth-order valence-electron chi connectivity index (χ4n) is 1.96. The minimum absolute atomic E-state index is 0.0141. The van der Waals surface area contributed by atoms with Crippen molar-refractivity contribution >= 4 is 17.6 Å². The normalized spacial score (nSPS) is 14.0. The predicted molar refractivity (Wildman–Crippen MR) is 86.7 cm³/mol. The van der Waals surface area contributed by atoms with Gasteiger partial charge in [0.05, 0.1) is 24.3 Å². The maximum atomic E-state index is 12.4. The molecule has 0 saturated carbocycles. The second-order valence-corrected chi connectivity index (χ2v) is 8.78. The molecule has 22 heavy (non-hydrogen) atoms. The van der Waals surface area contributed by atoms with Crippen molar-refractivity contribution in [1.29, 1.82) is 0 Å². The summed E-state index contributed by atoms with van der Waals surface area (Å²) in [5, 5.41) is 0. The number of aryl methyl sites for hydroxylation is 1. The van der Waals surface area contributed by atoms with Gasteiger partial charge in [0.1, 0.15) is 0 Å². The Balaban J connectivity index is 2.80. The zero-order chi connectivity index (χ0) is 16.8. The van der Waals surface area contributed by atoms with Crippen LogP contribution in [0.4, 0.5) is 0 Å². The van der Waals surface area contributed by atoms with Crippen molar-refractivity contribution in [3.63, 3.8) is 0 Å². The fourth-order valence-corrected chi connectivity index (χ4v) is 5.16. The molecule has 0 radical (unpaired) electrons. The minimum Gasteiger partial charge on any atom is -0.309 e. The first-order valence-electron chi connectivity index (χ1n) is 7.19. The van der Waals surface area contributed by atoms with Crippen LogP contribution in [0.5, 0.6) is 0 Å². The van der Waals surface area contributed by atoms with E-state index in [0.29, 0.717) is 0 Å². The van der Waals surface area contributed by atoms with Crippen LogP contribution in [0.15, 0.2) is 29.2 Å². The Labute approximate surface area is 132 Å². The molecule has 0 saturated heterocycles. The number of hydrogen-bond donors (Lipinski definition) is 1. The third-order valence-corrected chi connectivity index (χ3v) is 6.74. The van der Waals surface area contributed by atoms with E-state index in [1.807, 2.05) is 6.92 Å².